The van der Waals surface area contributed by atoms with Gasteiger partial charge in [-0.1, -0.05) is 74.0 Å². The van der Waals surface area contributed by atoms with Crippen LogP contribution in [0.2, 0.25) is 0 Å². The topological polar surface area (TPSA) is 149 Å². The zero-order valence-corrected chi connectivity index (χ0v) is 22.7. The van der Waals surface area contributed by atoms with Crippen molar-refractivity contribution in [3.8, 4) is 0 Å². The van der Waals surface area contributed by atoms with Crippen molar-refractivity contribution in [2.45, 2.75) is 58.2 Å². The number of aromatic nitrogens is 3. The standard InChI is InChI=1S/C29H35N7O4/c1-3-19(2)27(33-25(37)15-20-9-5-4-6-10-20)29(40)31-18-26(38)36-23-12-8-7-11-21(23)13-14-24(36)28(39)30-16-22-17-32-35-34-22/h4-12,17,19,24,27H,3,13-16,18H2,1-2H3,(H,30,39)(H,31,40)(H,33,37)(H,32,34,35)/t19-,24-,27-/m0/s1. The Bertz CT molecular complexity index is 1310. The lowest BCUT2D eigenvalue weighted by Crippen LogP contribution is -2.56. The predicted molar refractivity (Wildman–Crippen MR) is 149 cm³/mol. The van der Waals surface area contributed by atoms with Crippen molar-refractivity contribution in [2.75, 3.05) is 11.4 Å². The van der Waals surface area contributed by atoms with E-state index in [1.54, 1.807) is 12.3 Å². The average Bonchev–Trinajstić information content (AvgIpc) is 3.50. The van der Waals surface area contributed by atoms with Gasteiger partial charge >= 0.3 is 0 Å². The van der Waals surface area contributed by atoms with Gasteiger partial charge in [0, 0.05) is 11.9 Å². The van der Waals surface area contributed by atoms with Crippen molar-refractivity contribution in [3.05, 3.63) is 77.6 Å². The van der Waals surface area contributed by atoms with Crippen LogP contribution in [0.5, 0.6) is 0 Å². The molecule has 4 amide bonds. The first-order valence-electron chi connectivity index (χ1n) is 13.5. The van der Waals surface area contributed by atoms with Crippen LogP contribution >= 0.6 is 0 Å². The fourth-order valence-electron chi connectivity index (χ4n) is 4.78. The third-order valence-electron chi connectivity index (χ3n) is 7.17. The highest BCUT2D eigenvalue weighted by atomic mass is 16.2. The van der Waals surface area contributed by atoms with Crippen molar-refractivity contribution in [3.63, 3.8) is 0 Å². The Balaban J connectivity index is 1.43. The van der Waals surface area contributed by atoms with E-state index in [1.807, 2.05) is 62.4 Å². The lowest BCUT2D eigenvalue weighted by atomic mass is 9.94. The number of para-hydroxylation sites is 1. The normalized spacial score (nSPS) is 15.8. The van der Waals surface area contributed by atoms with Gasteiger partial charge in [-0.3, -0.25) is 29.2 Å². The van der Waals surface area contributed by atoms with Crippen LogP contribution in [0, 0.1) is 5.92 Å². The molecule has 210 valence electrons. The molecule has 0 saturated carbocycles. The SMILES string of the molecule is CC[C@H](C)[C@H](NC(=O)Cc1ccccc1)C(=O)NCC(=O)N1c2ccccc2CC[C@H]1C(=O)NCc1c[nH]nn1. The highest BCUT2D eigenvalue weighted by Crippen LogP contribution is 2.31. The maximum atomic E-state index is 13.6. The van der Waals surface area contributed by atoms with E-state index in [0.29, 0.717) is 30.6 Å². The minimum atomic E-state index is -0.802. The molecule has 0 aliphatic carbocycles. The molecule has 3 aromatic rings. The van der Waals surface area contributed by atoms with Gasteiger partial charge in [-0.15, -0.1) is 5.10 Å². The summed E-state index contributed by atoms with van der Waals surface area (Å²) in [7, 11) is 0. The molecule has 11 heteroatoms. The van der Waals surface area contributed by atoms with Gasteiger partial charge in [0.1, 0.15) is 17.8 Å². The first kappa shape index (κ1) is 28.5. The molecule has 2 aromatic carbocycles. The third kappa shape index (κ3) is 7.10. The Morgan fingerprint density at radius 2 is 1.80 bits per heavy atom. The highest BCUT2D eigenvalue weighted by molar-refractivity contribution is 6.04. The van der Waals surface area contributed by atoms with E-state index >= 15 is 0 Å². The van der Waals surface area contributed by atoms with Crippen LogP contribution in [0.4, 0.5) is 5.69 Å². The maximum absolute atomic E-state index is 13.6. The molecular weight excluding hydrogens is 510 g/mol. The van der Waals surface area contributed by atoms with Crippen LogP contribution in [0.25, 0.3) is 0 Å². The Morgan fingerprint density at radius 3 is 2.52 bits per heavy atom. The van der Waals surface area contributed by atoms with E-state index in [1.165, 1.54) is 4.90 Å². The quantitative estimate of drug-likeness (QED) is 0.288. The second-order valence-electron chi connectivity index (χ2n) is 9.94. The fraction of sp³-hybridized carbons (Fsp3) is 0.379. The number of anilines is 1. The summed E-state index contributed by atoms with van der Waals surface area (Å²) in [4.78, 5) is 54.1. The third-order valence-corrected chi connectivity index (χ3v) is 7.17. The molecule has 40 heavy (non-hydrogen) atoms. The molecule has 0 unspecified atom stereocenters. The van der Waals surface area contributed by atoms with Gasteiger partial charge in [-0.05, 0) is 36.0 Å². The van der Waals surface area contributed by atoms with Crippen LogP contribution in [-0.4, -0.2) is 57.7 Å². The van der Waals surface area contributed by atoms with Gasteiger partial charge in [0.25, 0.3) is 0 Å². The zero-order valence-electron chi connectivity index (χ0n) is 22.7. The Kier molecular flexibility index (Phi) is 9.61. The van der Waals surface area contributed by atoms with Gasteiger partial charge in [0.2, 0.25) is 23.6 Å². The first-order chi connectivity index (χ1) is 19.4. The number of aryl methyl sites for hydroxylation is 1. The summed E-state index contributed by atoms with van der Waals surface area (Å²) < 4.78 is 0. The second kappa shape index (κ2) is 13.5. The predicted octanol–water partition coefficient (Wildman–Crippen LogP) is 1.66. The van der Waals surface area contributed by atoms with E-state index < -0.39 is 23.9 Å². The number of hydrogen-bond acceptors (Lipinski definition) is 6. The van der Waals surface area contributed by atoms with Gasteiger partial charge in [-0.25, -0.2) is 0 Å². The van der Waals surface area contributed by atoms with Crippen LogP contribution < -0.4 is 20.9 Å². The van der Waals surface area contributed by atoms with Crippen molar-refractivity contribution in [1.29, 1.82) is 0 Å². The van der Waals surface area contributed by atoms with Crippen LogP contribution in [0.3, 0.4) is 0 Å². The fourth-order valence-corrected chi connectivity index (χ4v) is 4.78. The summed E-state index contributed by atoms with van der Waals surface area (Å²) in [6.07, 6.45) is 3.46. The molecule has 2 heterocycles. The molecule has 1 aliphatic rings. The highest BCUT2D eigenvalue weighted by Gasteiger charge is 2.36. The van der Waals surface area contributed by atoms with Crippen LogP contribution in [0.1, 0.15) is 43.5 Å². The number of H-pyrrole nitrogens is 1. The minimum Gasteiger partial charge on any atom is -0.349 e. The number of aromatic amines is 1. The number of nitrogens with zero attached hydrogens (tertiary/aromatic N) is 3. The van der Waals surface area contributed by atoms with Crippen molar-refractivity contribution < 1.29 is 19.2 Å². The van der Waals surface area contributed by atoms with E-state index in [2.05, 4.69) is 31.4 Å². The Hall–Kier alpha value is -4.54. The lowest BCUT2D eigenvalue weighted by Gasteiger charge is -2.36. The Labute approximate surface area is 233 Å². The van der Waals surface area contributed by atoms with E-state index in [0.717, 1.165) is 11.1 Å². The molecule has 0 saturated heterocycles. The molecule has 0 bridgehead atoms. The Morgan fingerprint density at radius 1 is 1.05 bits per heavy atom. The summed E-state index contributed by atoms with van der Waals surface area (Å²) >= 11 is 0. The van der Waals surface area contributed by atoms with Crippen LogP contribution in [-0.2, 0) is 38.6 Å². The van der Waals surface area contributed by atoms with E-state index in [-0.39, 0.29) is 37.2 Å². The number of nitrogens with one attached hydrogen (secondary N) is 4. The minimum absolute atomic E-state index is 0.148. The summed E-state index contributed by atoms with van der Waals surface area (Å²) in [6.45, 7) is 3.67. The molecule has 1 aromatic heterocycles. The molecule has 11 nitrogen and oxygen atoms in total. The molecular formula is C29H35N7O4. The lowest BCUT2D eigenvalue weighted by molar-refractivity contribution is -0.131. The number of hydrogen-bond donors (Lipinski definition) is 4. The van der Waals surface area contributed by atoms with E-state index in [9.17, 15) is 19.2 Å². The van der Waals surface area contributed by atoms with Crippen molar-refractivity contribution >= 4 is 29.3 Å². The molecule has 4 rings (SSSR count). The number of amides is 4. The summed E-state index contributed by atoms with van der Waals surface area (Å²) in [5.41, 5.74) is 3.01. The van der Waals surface area contributed by atoms with Gasteiger partial charge in [0.15, 0.2) is 0 Å². The second-order valence-corrected chi connectivity index (χ2v) is 9.94. The largest absolute Gasteiger partial charge is 0.349 e. The average molecular weight is 546 g/mol. The number of carbonyl (C=O) groups excluding carboxylic acids is 4. The molecule has 0 fully saturated rings. The molecule has 0 radical (unpaired) electrons. The molecule has 4 N–H and O–H groups in total. The summed E-state index contributed by atoms with van der Waals surface area (Å²) in [5, 5.41) is 18.5. The molecule has 3 atom stereocenters. The monoisotopic (exact) mass is 545 g/mol. The van der Waals surface area contributed by atoms with E-state index in [4.69, 9.17) is 0 Å². The smallest absolute Gasteiger partial charge is 0.247 e. The number of fused-ring (bicyclic) bond motifs is 1. The summed E-state index contributed by atoms with van der Waals surface area (Å²) in [6, 6.07) is 15.2. The van der Waals surface area contributed by atoms with Gasteiger partial charge in [-0.2, -0.15) is 0 Å². The number of rotatable bonds is 11. The summed E-state index contributed by atoms with van der Waals surface area (Å²) in [5.74, 6) is -1.60. The van der Waals surface area contributed by atoms with Crippen molar-refractivity contribution in [1.82, 2.24) is 31.4 Å². The molecule has 0 spiro atoms. The van der Waals surface area contributed by atoms with Crippen LogP contribution in [0.15, 0.2) is 60.8 Å². The number of carbonyl (C=O) groups is 4. The first-order valence-corrected chi connectivity index (χ1v) is 13.5. The van der Waals surface area contributed by atoms with Gasteiger partial charge in [0.05, 0.1) is 19.5 Å². The number of benzene rings is 2. The van der Waals surface area contributed by atoms with Gasteiger partial charge < -0.3 is 16.0 Å². The van der Waals surface area contributed by atoms with Crippen molar-refractivity contribution in [2.24, 2.45) is 5.92 Å². The zero-order chi connectivity index (χ0) is 28.5. The maximum Gasteiger partial charge on any atom is 0.247 e. The molecule has 1 aliphatic heterocycles.